The van der Waals surface area contributed by atoms with Crippen LogP contribution in [0.2, 0.25) is 0 Å². The largest absolute Gasteiger partial charge is 0.325 e. The maximum atomic E-state index is 13.4. The van der Waals surface area contributed by atoms with Crippen molar-refractivity contribution in [2.75, 3.05) is 11.1 Å². The molecule has 0 aliphatic rings. The van der Waals surface area contributed by atoms with Gasteiger partial charge in [0, 0.05) is 5.69 Å². The number of amides is 1. The molecule has 0 bridgehead atoms. The highest BCUT2D eigenvalue weighted by atomic mass is 32.2. The fourth-order valence-electron chi connectivity index (χ4n) is 2.41. The van der Waals surface area contributed by atoms with Gasteiger partial charge in [0.25, 0.3) is 0 Å². The summed E-state index contributed by atoms with van der Waals surface area (Å²) < 4.78 is 14.8. The zero-order valence-corrected chi connectivity index (χ0v) is 14.5. The number of carbonyl (C=O) groups excluding carboxylic acids is 1. The van der Waals surface area contributed by atoms with Gasteiger partial charge < -0.3 is 5.32 Å². The molecule has 0 saturated heterocycles. The lowest BCUT2D eigenvalue weighted by Crippen LogP contribution is -2.14. The molecule has 0 saturated carbocycles. The van der Waals surface area contributed by atoms with Crippen LogP contribution in [-0.2, 0) is 4.79 Å². The highest BCUT2D eigenvalue weighted by Gasteiger charge is 2.12. The molecule has 128 valence electrons. The zero-order chi connectivity index (χ0) is 17.8. The van der Waals surface area contributed by atoms with E-state index in [1.165, 1.54) is 28.6 Å². The Kier molecular flexibility index (Phi) is 5.08. The van der Waals surface area contributed by atoms with Crippen molar-refractivity contribution in [1.82, 2.24) is 20.2 Å². The average molecular weight is 357 g/mol. The Hall–Kier alpha value is -2.74. The first-order valence-electron chi connectivity index (χ1n) is 7.56. The van der Waals surface area contributed by atoms with Crippen molar-refractivity contribution in [2.45, 2.75) is 19.0 Å². The summed E-state index contributed by atoms with van der Waals surface area (Å²) in [6, 6.07) is 11.8. The van der Waals surface area contributed by atoms with Crippen molar-refractivity contribution in [3.8, 4) is 5.69 Å². The van der Waals surface area contributed by atoms with Crippen LogP contribution in [0, 0.1) is 19.7 Å². The van der Waals surface area contributed by atoms with E-state index in [2.05, 4.69) is 20.8 Å². The molecule has 0 spiro atoms. The molecule has 0 fully saturated rings. The lowest BCUT2D eigenvalue weighted by Gasteiger charge is -2.07. The molecule has 0 aliphatic carbocycles. The van der Waals surface area contributed by atoms with Gasteiger partial charge in [0.05, 0.1) is 11.4 Å². The van der Waals surface area contributed by atoms with Gasteiger partial charge in [0.2, 0.25) is 11.1 Å². The van der Waals surface area contributed by atoms with E-state index in [4.69, 9.17) is 0 Å². The number of halogens is 1. The predicted molar refractivity (Wildman–Crippen MR) is 94.4 cm³/mol. The summed E-state index contributed by atoms with van der Waals surface area (Å²) in [5, 5.41) is 14.6. The van der Waals surface area contributed by atoms with E-state index in [-0.39, 0.29) is 17.5 Å². The number of nitrogens with zero attached hydrogens (tertiary/aromatic N) is 4. The van der Waals surface area contributed by atoms with Crippen molar-refractivity contribution < 1.29 is 9.18 Å². The molecule has 25 heavy (non-hydrogen) atoms. The van der Waals surface area contributed by atoms with Gasteiger partial charge >= 0.3 is 0 Å². The third kappa shape index (κ3) is 4.42. The third-order valence-corrected chi connectivity index (χ3v) is 4.25. The number of aryl methyl sites for hydroxylation is 2. The van der Waals surface area contributed by atoms with Crippen LogP contribution in [-0.4, -0.2) is 31.9 Å². The number of aromatic nitrogens is 4. The van der Waals surface area contributed by atoms with E-state index in [9.17, 15) is 9.18 Å². The topological polar surface area (TPSA) is 72.7 Å². The third-order valence-electron chi connectivity index (χ3n) is 3.33. The van der Waals surface area contributed by atoms with Crippen LogP contribution in [0.5, 0.6) is 0 Å². The standard InChI is InChI=1S/C17H16FN5OS/c1-11-6-12(2)8-14(7-11)19-16(24)10-25-17-20-21-22-23(17)15-5-3-4-13(18)9-15/h3-9H,10H2,1-2H3,(H,19,24). The molecule has 2 aromatic carbocycles. The van der Waals surface area contributed by atoms with Gasteiger partial charge in [0.15, 0.2) is 0 Å². The Bertz CT molecular complexity index is 891. The van der Waals surface area contributed by atoms with E-state index in [0.717, 1.165) is 16.8 Å². The second kappa shape index (κ2) is 7.43. The molecule has 3 aromatic rings. The number of rotatable bonds is 5. The molecule has 0 radical (unpaired) electrons. The van der Waals surface area contributed by atoms with Crippen molar-refractivity contribution in [2.24, 2.45) is 0 Å². The van der Waals surface area contributed by atoms with Crippen LogP contribution in [0.4, 0.5) is 10.1 Å². The number of hydrogen-bond donors (Lipinski definition) is 1. The van der Waals surface area contributed by atoms with Gasteiger partial charge in [-0.2, -0.15) is 4.68 Å². The Morgan fingerprint density at radius 3 is 2.68 bits per heavy atom. The molecule has 1 amide bonds. The highest BCUT2D eigenvalue weighted by molar-refractivity contribution is 7.99. The number of carbonyl (C=O) groups is 1. The Morgan fingerprint density at radius 2 is 1.96 bits per heavy atom. The summed E-state index contributed by atoms with van der Waals surface area (Å²) in [7, 11) is 0. The van der Waals surface area contributed by atoms with E-state index >= 15 is 0 Å². The molecule has 1 N–H and O–H groups in total. The molecule has 1 aromatic heterocycles. The van der Waals surface area contributed by atoms with E-state index in [1.807, 2.05) is 32.0 Å². The quantitative estimate of drug-likeness (QED) is 0.710. The fourth-order valence-corrected chi connectivity index (χ4v) is 3.10. The second-order valence-electron chi connectivity index (χ2n) is 5.57. The van der Waals surface area contributed by atoms with E-state index in [0.29, 0.717) is 10.8 Å². The van der Waals surface area contributed by atoms with Gasteiger partial charge in [-0.3, -0.25) is 4.79 Å². The SMILES string of the molecule is Cc1cc(C)cc(NC(=O)CSc2nnnn2-c2cccc(F)c2)c1. The van der Waals surface area contributed by atoms with Crippen LogP contribution in [0.15, 0.2) is 47.6 Å². The molecule has 3 rings (SSSR count). The van der Waals surface area contributed by atoms with Crippen molar-refractivity contribution in [1.29, 1.82) is 0 Å². The van der Waals surface area contributed by atoms with Crippen molar-refractivity contribution >= 4 is 23.4 Å². The molecule has 1 heterocycles. The number of nitrogens with one attached hydrogen (secondary N) is 1. The molecule has 0 atom stereocenters. The first-order valence-corrected chi connectivity index (χ1v) is 8.55. The summed E-state index contributed by atoms with van der Waals surface area (Å²) in [5.74, 6) is -0.400. The van der Waals surface area contributed by atoms with Crippen molar-refractivity contribution in [3.63, 3.8) is 0 Å². The summed E-state index contributed by atoms with van der Waals surface area (Å²) >= 11 is 1.18. The summed E-state index contributed by atoms with van der Waals surface area (Å²) in [6.07, 6.45) is 0. The Balaban J connectivity index is 1.66. The average Bonchev–Trinajstić information content (AvgIpc) is 3.00. The van der Waals surface area contributed by atoms with E-state index in [1.54, 1.807) is 12.1 Å². The first kappa shape index (κ1) is 17.1. The highest BCUT2D eigenvalue weighted by Crippen LogP contribution is 2.19. The summed E-state index contributed by atoms with van der Waals surface area (Å²) in [6.45, 7) is 3.95. The monoisotopic (exact) mass is 357 g/mol. The van der Waals surface area contributed by atoms with E-state index < -0.39 is 0 Å². The van der Waals surface area contributed by atoms with Crippen LogP contribution in [0.3, 0.4) is 0 Å². The summed E-state index contributed by atoms with van der Waals surface area (Å²) in [5.41, 5.74) is 3.42. The lowest BCUT2D eigenvalue weighted by molar-refractivity contribution is -0.113. The van der Waals surface area contributed by atoms with Crippen LogP contribution < -0.4 is 5.32 Å². The van der Waals surface area contributed by atoms with Gasteiger partial charge in [-0.25, -0.2) is 4.39 Å². The molecule has 0 aliphatic heterocycles. The number of benzene rings is 2. The second-order valence-corrected chi connectivity index (χ2v) is 6.51. The lowest BCUT2D eigenvalue weighted by atomic mass is 10.1. The summed E-state index contributed by atoms with van der Waals surface area (Å²) in [4.78, 5) is 12.2. The minimum Gasteiger partial charge on any atom is -0.325 e. The normalized spacial score (nSPS) is 10.7. The molecule has 8 heteroatoms. The molecule has 0 unspecified atom stereocenters. The Labute approximate surface area is 148 Å². The maximum Gasteiger partial charge on any atom is 0.234 e. The van der Waals surface area contributed by atoms with Crippen LogP contribution in [0.1, 0.15) is 11.1 Å². The zero-order valence-electron chi connectivity index (χ0n) is 13.7. The Morgan fingerprint density at radius 1 is 1.20 bits per heavy atom. The smallest absolute Gasteiger partial charge is 0.234 e. The predicted octanol–water partition coefficient (Wildman–Crippen LogP) is 3.15. The number of anilines is 1. The minimum atomic E-state index is -0.378. The first-order chi connectivity index (χ1) is 12.0. The minimum absolute atomic E-state index is 0.142. The number of thioether (sulfide) groups is 1. The van der Waals surface area contributed by atoms with Crippen LogP contribution >= 0.6 is 11.8 Å². The van der Waals surface area contributed by atoms with Crippen molar-refractivity contribution in [3.05, 3.63) is 59.4 Å². The molecule has 6 nitrogen and oxygen atoms in total. The van der Waals surface area contributed by atoms with Crippen LogP contribution in [0.25, 0.3) is 5.69 Å². The molecular weight excluding hydrogens is 341 g/mol. The number of tetrazole rings is 1. The van der Waals surface area contributed by atoms with Gasteiger partial charge in [-0.1, -0.05) is 23.9 Å². The molecular formula is C17H16FN5OS. The maximum absolute atomic E-state index is 13.4. The number of hydrogen-bond acceptors (Lipinski definition) is 5. The van der Waals surface area contributed by atoms with Gasteiger partial charge in [0.1, 0.15) is 5.82 Å². The fraction of sp³-hybridized carbons (Fsp3) is 0.176. The van der Waals surface area contributed by atoms with Gasteiger partial charge in [-0.05, 0) is 65.7 Å². The van der Waals surface area contributed by atoms with Gasteiger partial charge in [-0.15, -0.1) is 5.10 Å².